The molecule has 0 spiro atoms. The molecule has 2 rings (SSSR count). The van der Waals surface area contributed by atoms with E-state index >= 15 is 0 Å². The van der Waals surface area contributed by atoms with E-state index in [1.807, 2.05) is 18.0 Å². The Morgan fingerprint density at radius 3 is 2.25 bits per heavy atom. The van der Waals surface area contributed by atoms with Crippen LogP contribution in [-0.4, -0.2) is 7.05 Å². The predicted octanol–water partition coefficient (Wildman–Crippen LogP) is 4.23. The predicted molar refractivity (Wildman–Crippen MR) is 83.0 cm³/mol. The monoisotopic (exact) mass is 272 g/mol. The van der Waals surface area contributed by atoms with Gasteiger partial charge in [-0.25, -0.2) is 4.39 Å². The van der Waals surface area contributed by atoms with Crippen LogP contribution in [0, 0.1) is 19.7 Å². The van der Waals surface area contributed by atoms with E-state index in [1.165, 1.54) is 17.2 Å². The van der Waals surface area contributed by atoms with Gasteiger partial charge in [-0.1, -0.05) is 12.1 Å². The van der Waals surface area contributed by atoms with Gasteiger partial charge in [0.05, 0.1) is 0 Å². The SMILES string of the molecule is Cc1cc(C)cc(N(C)c2cccc(F)c2[C@@H](C)N)c1. The molecular weight excluding hydrogens is 251 g/mol. The lowest BCUT2D eigenvalue weighted by Gasteiger charge is -2.25. The number of halogens is 1. The van der Waals surface area contributed by atoms with Gasteiger partial charge < -0.3 is 10.6 Å². The van der Waals surface area contributed by atoms with Gasteiger partial charge in [-0.15, -0.1) is 0 Å². The molecule has 0 aliphatic carbocycles. The number of hydrogen-bond donors (Lipinski definition) is 1. The highest BCUT2D eigenvalue weighted by Gasteiger charge is 2.16. The molecule has 0 bridgehead atoms. The van der Waals surface area contributed by atoms with Crippen molar-refractivity contribution < 1.29 is 4.39 Å². The summed E-state index contributed by atoms with van der Waals surface area (Å²) in [4.78, 5) is 1.99. The minimum Gasteiger partial charge on any atom is -0.344 e. The molecule has 2 nitrogen and oxygen atoms in total. The second kappa shape index (κ2) is 5.63. The van der Waals surface area contributed by atoms with Gasteiger partial charge in [0.25, 0.3) is 0 Å². The second-order valence-corrected chi connectivity index (χ2v) is 5.37. The average Bonchev–Trinajstić information content (AvgIpc) is 2.35. The van der Waals surface area contributed by atoms with Crippen LogP contribution >= 0.6 is 0 Å². The molecular formula is C17H21FN2. The average molecular weight is 272 g/mol. The van der Waals surface area contributed by atoms with Crippen LogP contribution in [0.4, 0.5) is 15.8 Å². The minimum absolute atomic E-state index is 0.256. The van der Waals surface area contributed by atoms with Crippen molar-refractivity contribution in [1.29, 1.82) is 0 Å². The van der Waals surface area contributed by atoms with E-state index in [1.54, 1.807) is 13.0 Å². The quantitative estimate of drug-likeness (QED) is 0.906. The lowest BCUT2D eigenvalue weighted by Crippen LogP contribution is -2.17. The molecule has 0 radical (unpaired) electrons. The van der Waals surface area contributed by atoms with Crippen molar-refractivity contribution in [2.75, 3.05) is 11.9 Å². The van der Waals surface area contributed by atoms with Crippen molar-refractivity contribution in [3.63, 3.8) is 0 Å². The van der Waals surface area contributed by atoms with Gasteiger partial charge in [0, 0.05) is 30.0 Å². The first-order valence-corrected chi connectivity index (χ1v) is 6.76. The fourth-order valence-corrected chi connectivity index (χ4v) is 2.55. The van der Waals surface area contributed by atoms with E-state index < -0.39 is 0 Å². The van der Waals surface area contributed by atoms with E-state index in [0.717, 1.165) is 11.4 Å². The summed E-state index contributed by atoms with van der Waals surface area (Å²) in [6.45, 7) is 5.92. The highest BCUT2D eigenvalue weighted by molar-refractivity contribution is 5.67. The Kier molecular flexibility index (Phi) is 4.09. The zero-order chi connectivity index (χ0) is 14.9. The maximum atomic E-state index is 14.0. The molecule has 2 aromatic carbocycles. The summed E-state index contributed by atoms with van der Waals surface area (Å²) in [6.07, 6.45) is 0. The minimum atomic E-state index is -0.348. The molecule has 0 saturated heterocycles. The van der Waals surface area contributed by atoms with Crippen molar-refractivity contribution in [3.05, 3.63) is 58.9 Å². The molecule has 0 fully saturated rings. The summed E-state index contributed by atoms with van der Waals surface area (Å²) in [5, 5.41) is 0. The first-order valence-electron chi connectivity index (χ1n) is 6.76. The third kappa shape index (κ3) is 2.83. The van der Waals surface area contributed by atoms with Gasteiger partial charge in [-0.2, -0.15) is 0 Å². The Labute approximate surface area is 120 Å². The molecule has 0 unspecified atom stereocenters. The molecule has 0 aliphatic rings. The standard InChI is InChI=1S/C17H21FN2/c1-11-8-12(2)10-14(9-11)20(4)16-7-5-6-15(18)17(16)13(3)19/h5-10,13H,19H2,1-4H3/t13-/m1/s1. The number of anilines is 2. The maximum Gasteiger partial charge on any atom is 0.130 e. The van der Waals surface area contributed by atoms with E-state index in [9.17, 15) is 4.39 Å². The van der Waals surface area contributed by atoms with Crippen LogP contribution in [-0.2, 0) is 0 Å². The number of nitrogens with zero attached hydrogens (tertiary/aromatic N) is 1. The highest BCUT2D eigenvalue weighted by atomic mass is 19.1. The van der Waals surface area contributed by atoms with Gasteiger partial charge in [-0.05, 0) is 56.2 Å². The van der Waals surface area contributed by atoms with E-state index in [2.05, 4.69) is 32.0 Å². The van der Waals surface area contributed by atoms with Gasteiger partial charge in [0.15, 0.2) is 0 Å². The summed E-state index contributed by atoms with van der Waals surface area (Å²) in [5.41, 5.74) is 10.7. The molecule has 2 aromatic rings. The molecule has 0 aromatic heterocycles. The third-order valence-corrected chi connectivity index (χ3v) is 3.44. The van der Waals surface area contributed by atoms with Crippen molar-refractivity contribution >= 4 is 11.4 Å². The number of hydrogen-bond acceptors (Lipinski definition) is 2. The lowest BCUT2D eigenvalue weighted by molar-refractivity contribution is 0.594. The topological polar surface area (TPSA) is 29.3 Å². The van der Waals surface area contributed by atoms with Crippen molar-refractivity contribution in [2.45, 2.75) is 26.8 Å². The first-order chi connectivity index (χ1) is 9.40. The fourth-order valence-electron chi connectivity index (χ4n) is 2.55. The number of nitrogens with two attached hydrogens (primary N) is 1. The summed E-state index contributed by atoms with van der Waals surface area (Å²) in [6, 6.07) is 11.0. The zero-order valence-electron chi connectivity index (χ0n) is 12.4. The molecule has 20 heavy (non-hydrogen) atoms. The van der Waals surface area contributed by atoms with Crippen molar-refractivity contribution in [1.82, 2.24) is 0 Å². The second-order valence-electron chi connectivity index (χ2n) is 5.37. The van der Waals surface area contributed by atoms with Gasteiger partial charge >= 0.3 is 0 Å². The first kappa shape index (κ1) is 14.5. The Morgan fingerprint density at radius 1 is 1.10 bits per heavy atom. The highest BCUT2D eigenvalue weighted by Crippen LogP contribution is 2.32. The summed E-state index contributed by atoms with van der Waals surface area (Å²) in [7, 11) is 1.94. The van der Waals surface area contributed by atoms with Crippen LogP contribution in [0.1, 0.15) is 29.7 Å². The Hall–Kier alpha value is -1.87. The van der Waals surface area contributed by atoms with E-state index in [-0.39, 0.29) is 11.9 Å². The fraction of sp³-hybridized carbons (Fsp3) is 0.294. The number of aryl methyl sites for hydroxylation is 2. The molecule has 1 atom stereocenters. The summed E-state index contributed by atoms with van der Waals surface area (Å²) in [5.74, 6) is -0.256. The number of benzene rings is 2. The van der Waals surface area contributed by atoms with E-state index in [4.69, 9.17) is 5.73 Å². The molecule has 3 heteroatoms. The summed E-state index contributed by atoms with van der Waals surface area (Å²) < 4.78 is 14.0. The molecule has 0 saturated carbocycles. The van der Waals surface area contributed by atoms with Gasteiger partial charge in [-0.3, -0.25) is 0 Å². The molecule has 0 heterocycles. The normalized spacial score (nSPS) is 12.3. The maximum absolute atomic E-state index is 14.0. The third-order valence-electron chi connectivity index (χ3n) is 3.44. The van der Waals surface area contributed by atoms with Crippen LogP contribution in [0.3, 0.4) is 0 Å². The number of rotatable bonds is 3. The van der Waals surface area contributed by atoms with Crippen LogP contribution < -0.4 is 10.6 Å². The largest absolute Gasteiger partial charge is 0.344 e. The molecule has 0 amide bonds. The van der Waals surface area contributed by atoms with Gasteiger partial charge in [0.2, 0.25) is 0 Å². The van der Waals surface area contributed by atoms with Crippen molar-refractivity contribution in [3.8, 4) is 0 Å². The van der Waals surface area contributed by atoms with Crippen LogP contribution in [0.25, 0.3) is 0 Å². The summed E-state index contributed by atoms with van der Waals surface area (Å²) >= 11 is 0. The molecule has 0 aliphatic heterocycles. The zero-order valence-corrected chi connectivity index (χ0v) is 12.4. The molecule has 2 N–H and O–H groups in total. The van der Waals surface area contributed by atoms with Gasteiger partial charge in [0.1, 0.15) is 5.82 Å². The lowest BCUT2D eigenvalue weighted by atomic mass is 10.0. The van der Waals surface area contributed by atoms with E-state index in [0.29, 0.717) is 5.56 Å². The van der Waals surface area contributed by atoms with Crippen LogP contribution in [0.2, 0.25) is 0 Å². The Balaban J connectivity index is 2.53. The molecule has 106 valence electrons. The Morgan fingerprint density at radius 2 is 1.70 bits per heavy atom. The smallest absolute Gasteiger partial charge is 0.130 e. The van der Waals surface area contributed by atoms with Crippen LogP contribution in [0.15, 0.2) is 36.4 Å². The Bertz CT molecular complexity index is 600. The van der Waals surface area contributed by atoms with Crippen molar-refractivity contribution in [2.24, 2.45) is 5.73 Å². The van der Waals surface area contributed by atoms with Crippen LogP contribution in [0.5, 0.6) is 0 Å².